The Kier molecular flexibility index (Phi) is 6.88. The Hall–Kier alpha value is -3.84. The van der Waals surface area contributed by atoms with Crippen molar-refractivity contribution in [3.05, 3.63) is 83.8 Å². The molecule has 0 amide bonds. The smallest absolute Gasteiger partial charge is 0.162 e. The van der Waals surface area contributed by atoms with Crippen molar-refractivity contribution in [2.24, 2.45) is 0 Å². The molecule has 0 radical (unpaired) electrons. The Labute approximate surface area is 228 Å². The maximum Gasteiger partial charge on any atom is 0.162 e. The third-order valence-corrected chi connectivity index (χ3v) is 7.51. The quantitative estimate of drug-likeness (QED) is 0.214. The molecule has 0 aliphatic heterocycles. The van der Waals surface area contributed by atoms with E-state index >= 15 is 0 Å². The summed E-state index contributed by atoms with van der Waals surface area (Å²) in [6.45, 7) is 10.8. The predicted octanol–water partition coefficient (Wildman–Crippen LogP) is 7.57. The Morgan fingerprint density at radius 3 is 2.32 bits per heavy atom. The van der Waals surface area contributed by atoms with Crippen LogP contribution in [-0.2, 0) is 5.41 Å². The van der Waals surface area contributed by atoms with Gasteiger partial charge in [0, 0.05) is 27.3 Å². The fourth-order valence-corrected chi connectivity index (χ4v) is 5.38. The summed E-state index contributed by atoms with van der Waals surface area (Å²) in [6, 6.07) is 21.0. The largest absolute Gasteiger partial charge is 0.493 e. The molecule has 3 aromatic carbocycles. The molecule has 194 valence electrons. The van der Waals surface area contributed by atoms with E-state index in [0.29, 0.717) is 11.5 Å². The van der Waals surface area contributed by atoms with Gasteiger partial charge in [-0.05, 0) is 49.7 Å². The fourth-order valence-electron chi connectivity index (χ4n) is 4.45. The monoisotopic (exact) mass is 524 g/mol. The normalized spacial score (nSPS) is 11.7. The van der Waals surface area contributed by atoms with E-state index in [4.69, 9.17) is 14.6 Å². The summed E-state index contributed by atoms with van der Waals surface area (Å²) >= 11 is 1.60. The molecule has 0 bridgehead atoms. The topological polar surface area (TPSA) is 62.1 Å². The van der Waals surface area contributed by atoms with Gasteiger partial charge in [-0.3, -0.25) is 0 Å². The van der Waals surface area contributed by atoms with Crippen LogP contribution >= 0.6 is 11.8 Å². The van der Waals surface area contributed by atoms with Crippen molar-refractivity contribution in [1.82, 2.24) is 19.7 Å². The number of benzene rings is 3. The van der Waals surface area contributed by atoms with Crippen LogP contribution in [0.25, 0.3) is 27.8 Å². The summed E-state index contributed by atoms with van der Waals surface area (Å²) in [5, 5.41) is 6.84. The van der Waals surface area contributed by atoms with Gasteiger partial charge in [0.15, 0.2) is 11.5 Å². The molecule has 0 aliphatic carbocycles. The fraction of sp³-hybridized carbons (Fsp3) is 0.258. The van der Waals surface area contributed by atoms with Crippen molar-refractivity contribution in [2.45, 2.75) is 50.0 Å². The highest BCUT2D eigenvalue weighted by atomic mass is 32.2. The molecule has 0 fully saturated rings. The van der Waals surface area contributed by atoms with Crippen molar-refractivity contribution in [1.29, 1.82) is 0 Å². The molecule has 6 nitrogen and oxygen atoms in total. The maximum absolute atomic E-state index is 5.53. The summed E-state index contributed by atoms with van der Waals surface area (Å²) in [7, 11) is 3.26. The minimum atomic E-state index is -0.0784. The number of fused-ring (bicyclic) bond motifs is 1. The highest BCUT2D eigenvalue weighted by molar-refractivity contribution is 7.99. The Morgan fingerprint density at radius 2 is 1.61 bits per heavy atom. The van der Waals surface area contributed by atoms with Crippen LogP contribution in [0.15, 0.2) is 76.9 Å². The molecule has 0 saturated carbocycles. The number of hydrogen-bond donors (Lipinski definition) is 0. The standard InChI is InChI=1S/C31H32N4O2S/c1-19-11-12-25(20(2)13-19)35-26(17-29(34-35)31(3,4)5)21-9-8-10-22(14-21)38-30-23-15-27(36-6)28(37-7)16-24(23)32-18-33-30/h8-18H,1-7H3. The predicted molar refractivity (Wildman–Crippen MR) is 154 cm³/mol. The molecule has 0 unspecified atom stereocenters. The lowest BCUT2D eigenvalue weighted by Gasteiger charge is -2.14. The summed E-state index contributed by atoms with van der Waals surface area (Å²) in [5.74, 6) is 1.29. The first-order chi connectivity index (χ1) is 18.2. The summed E-state index contributed by atoms with van der Waals surface area (Å²) < 4.78 is 13.1. The number of methoxy groups -OCH3 is 2. The number of aryl methyl sites for hydroxylation is 2. The van der Waals surface area contributed by atoms with E-state index in [1.807, 2.05) is 12.1 Å². The van der Waals surface area contributed by atoms with Gasteiger partial charge in [-0.1, -0.05) is 62.4 Å². The third-order valence-electron chi connectivity index (χ3n) is 6.51. The average Bonchev–Trinajstić information content (AvgIpc) is 3.34. The van der Waals surface area contributed by atoms with E-state index < -0.39 is 0 Å². The molecule has 0 N–H and O–H groups in total. The van der Waals surface area contributed by atoms with Gasteiger partial charge in [0.05, 0.1) is 36.8 Å². The molecule has 0 spiro atoms. The van der Waals surface area contributed by atoms with Gasteiger partial charge in [0.25, 0.3) is 0 Å². The van der Waals surface area contributed by atoms with Crippen LogP contribution in [0.4, 0.5) is 0 Å². The van der Waals surface area contributed by atoms with Crippen molar-refractivity contribution < 1.29 is 9.47 Å². The molecule has 0 aliphatic rings. The zero-order valence-corrected chi connectivity index (χ0v) is 23.7. The number of aromatic nitrogens is 4. The summed E-state index contributed by atoms with van der Waals surface area (Å²) in [6.07, 6.45) is 1.59. The summed E-state index contributed by atoms with van der Waals surface area (Å²) in [4.78, 5) is 10.1. The van der Waals surface area contributed by atoms with Crippen LogP contribution in [0.3, 0.4) is 0 Å². The highest BCUT2D eigenvalue weighted by Gasteiger charge is 2.22. The molecular weight excluding hydrogens is 492 g/mol. The Balaban J connectivity index is 1.59. The van der Waals surface area contributed by atoms with Crippen LogP contribution in [0, 0.1) is 13.8 Å². The lowest BCUT2D eigenvalue weighted by molar-refractivity contribution is 0.355. The molecule has 0 atom stereocenters. The van der Waals surface area contributed by atoms with E-state index in [1.54, 1.807) is 32.3 Å². The van der Waals surface area contributed by atoms with Crippen LogP contribution in [0.5, 0.6) is 11.5 Å². The molecule has 5 rings (SSSR count). The first kappa shape index (κ1) is 25.8. The second-order valence-corrected chi connectivity index (χ2v) is 11.5. The number of nitrogens with zero attached hydrogens (tertiary/aromatic N) is 4. The van der Waals surface area contributed by atoms with E-state index in [2.05, 4.69) is 97.8 Å². The maximum atomic E-state index is 5.53. The lowest BCUT2D eigenvalue weighted by Crippen LogP contribution is -2.12. The van der Waals surface area contributed by atoms with Crippen LogP contribution in [0.1, 0.15) is 37.6 Å². The Bertz CT molecular complexity index is 1640. The van der Waals surface area contributed by atoms with E-state index in [1.165, 1.54) is 11.1 Å². The second kappa shape index (κ2) is 10.1. The average molecular weight is 525 g/mol. The molecule has 38 heavy (non-hydrogen) atoms. The van der Waals surface area contributed by atoms with Gasteiger partial charge in [-0.25, -0.2) is 14.6 Å². The van der Waals surface area contributed by atoms with E-state index in [0.717, 1.165) is 43.5 Å². The zero-order chi connectivity index (χ0) is 27.0. The van der Waals surface area contributed by atoms with Gasteiger partial charge in [-0.15, -0.1) is 0 Å². The molecular formula is C31H32N4O2S. The second-order valence-electron chi connectivity index (χ2n) is 10.4. The van der Waals surface area contributed by atoms with Gasteiger partial charge in [0.2, 0.25) is 0 Å². The number of rotatable bonds is 6. The molecule has 2 heterocycles. The van der Waals surface area contributed by atoms with Crippen molar-refractivity contribution >= 4 is 22.7 Å². The molecule has 0 saturated heterocycles. The SMILES string of the molecule is COc1cc2ncnc(Sc3cccc(-c4cc(C(C)(C)C)nn4-c4ccc(C)cc4C)c3)c2cc1OC. The third kappa shape index (κ3) is 4.98. The summed E-state index contributed by atoms with van der Waals surface area (Å²) in [5.41, 5.74) is 7.44. The van der Waals surface area contributed by atoms with Crippen LogP contribution in [-0.4, -0.2) is 34.0 Å². The minimum absolute atomic E-state index is 0.0784. The molecule has 7 heteroatoms. The van der Waals surface area contributed by atoms with Crippen molar-refractivity contribution in [2.75, 3.05) is 14.2 Å². The first-order valence-corrected chi connectivity index (χ1v) is 13.3. The number of hydrogen-bond acceptors (Lipinski definition) is 6. The van der Waals surface area contributed by atoms with E-state index in [9.17, 15) is 0 Å². The van der Waals surface area contributed by atoms with Crippen molar-refractivity contribution in [3.8, 4) is 28.4 Å². The van der Waals surface area contributed by atoms with Gasteiger partial charge >= 0.3 is 0 Å². The zero-order valence-electron chi connectivity index (χ0n) is 22.9. The lowest BCUT2D eigenvalue weighted by atomic mass is 9.92. The van der Waals surface area contributed by atoms with Gasteiger partial charge < -0.3 is 9.47 Å². The molecule has 2 aromatic heterocycles. The van der Waals surface area contributed by atoms with Crippen LogP contribution < -0.4 is 9.47 Å². The van der Waals surface area contributed by atoms with E-state index in [-0.39, 0.29) is 5.41 Å². The number of ether oxygens (including phenoxy) is 2. The minimum Gasteiger partial charge on any atom is -0.493 e. The highest BCUT2D eigenvalue weighted by Crippen LogP contribution is 2.38. The van der Waals surface area contributed by atoms with Crippen LogP contribution in [0.2, 0.25) is 0 Å². The Morgan fingerprint density at radius 1 is 0.842 bits per heavy atom. The first-order valence-electron chi connectivity index (χ1n) is 12.5. The van der Waals surface area contributed by atoms with Gasteiger partial charge in [0.1, 0.15) is 11.4 Å². The molecule has 5 aromatic rings. The van der Waals surface area contributed by atoms with Gasteiger partial charge in [-0.2, -0.15) is 5.10 Å². The van der Waals surface area contributed by atoms with Crippen molar-refractivity contribution in [3.63, 3.8) is 0 Å².